The zero-order valence-electron chi connectivity index (χ0n) is 10.2. The van der Waals surface area contributed by atoms with Gasteiger partial charge in [0.05, 0.1) is 6.10 Å². The molecular weight excluding hydrogens is 236 g/mol. The Bertz CT molecular complexity index is 378. The summed E-state index contributed by atoms with van der Waals surface area (Å²) >= 11 is 6.15. The molecule has 2 rings (SSSR count). The maximum Gasteiger partial charge on any atom is 0.0702 e. The van der Waals surface area contributed by atoms with E-state index in [-0.39, 0.29) is 0 Å². The number of hydrogen-bond donors (Lipinski definition) is 1. The van der Waals surface area contributed by atoms with Gasteiger partial charge in [0.2, 0.25) is 0 Å². The first-order valence-corrected chi connectivity index (χ1v) is 6.37. The van der Waals surface area contributed by atoms with Gasteiger partial charge in [0, 0.05) is 30.4 Å². The molecule has 17 heavy (non-hydrogen) atoms. The second kappa shape index (κ2) is 5.71. The first-order valence-electron chi connectivity index (χ1n) is 5.99. The minimum Gasteiger partial charge on any atom is -0.399 e. The fraction of sp³-hybridized carbons (Fsp3) is 0.538. The highest BCUT2D eigenvalue weighted by Crippen LogP contribution is 2.21. The molecule has 1 saturated heterocycles. The quantitative estimate of drug-likeness (QED) is 0.840. The zero-order chi connectivity index (χ0) is 12.3. The number of rotatable bonds is 4. The minimum absolute atomic E-state index is 0.382. The monoisotopic (exact) mass is 254 g/mol. The Kier molecular flexibility index (Phi) is 4.26. The summed E-state index contributed by atoms with van der Waals surface area (Å²) in [6.07, 6.45) is 2.73. The smallest absolute Gasteiger partial charge is 0.0702 e. The zero-order valence-corrected chi connectivity index (χ0v) is 10.9. The van der Waals surface area contributed by atoms with Gasteiger partial charge in [-0.2, -0.15) is 0 Å². The molecule has 0 radical (unpaired) electrons. The maximum absolute atomic E-state index is 6.15. The van der Waals surface area contributed by atoms with Crippen LogP contribution in [-0.2, 0) is 11.3 Å². The van der Waals surface area contributed by atoms with Gasteiger partial charge in [0.1, 0.15) is 0 Å². The van der Waals surface area contributed by atoms with Crippen LogP contribution in [0.4, 0.5) is 5.69 Å². The molecule has 3 nitrogen and oxygen atoms in total. The summed E-state index contributed by atoms with van der Waals surface area (Å²) in [5.41, 5.74) is 7.49. The van der Waals surface area contributed by atoms with Crippen molar-refractivity contribution in [1.29, 1.82) is 0 Å². The third-order valence-electron chi connectivity index (χ3n) is 3.06. The summed E-state index contributed by atoms with van der Waals surface area (Å²) in [7, 11) is 2.09. The molecule has 0 bridgehead atoms. The average molecular weight is 255 g/mol. The van der Waals surface area contributed by atoms with E-state index in [0.717, 1.165) is 30.3 Å². The van der Waals surface area contributed by atoms with Crippen LogP contribution in [0.15, 0.2) is 18.2 Å². The van der Waals surface area contributed by atoms with Crippen molar-refractivity contribution in [2.24, 2.45) is 0 Å². The third-order valence-corrected chi connectivity index (χ3v) is 3.41. The van der Waals surface area contributed by atoms with Crippen LogP contribution in [0.1, 0.15) is 18.4 Å². The van der Waals surface area contributed by atoms with E-state index in [1.54, 1.807) is 6.07 Å². The summed E-state index contributed by atoms with van der Waals surface area (Å²) in [5.74, 6) is 0. The van der Waals surface area contributed by atoms with E-state index >= 15 is 0 Å². The molecule has 1 unspecified atom stereocenters. The lowest BCUT2D eigenvalue weighted by Crippen LogP contribution is -2.28. The number of ether oxygens (including phenoxy) is 1. The Balaban J connectivity index is 1.90. The number of hydrogen-bond acceptors (Lipinski definition) is 3. The van der Waals surface area contributed by atoms with Gasteiger partial charge < -0.3 is 10.5 Å². The molecule has 2 N–H and O–H groups in total. The van der Waals surface area contributed by atoms with Crippen LogP contribution in [0, 0.1) is 0 Å². The Morgan fingerprint density at radius 3 is 3.00 bits per heavy atom. The van der Waals surface area contributed by atoms with Crippen LogP contribution in [0.2, 0.25) is 5.02 Å². The fourth-order valence-electron chi connectivity index (χ4n) is 2.18. The second-order valence-electron chi connectivity index (χ2n) is 4.68. The summed E-state index contributed by atoms with van der Waals surface area (Å²) < 4.78 is 5.62. The largest absolute Gasteiger partial charge is 0.399 e. The van der Waals surface area contributed by atoms with Crippen LogP contribution in [-0.4, -0.2) is 31.2 Å². The summed E-state index contributed by atoms with van der Waals surface area (Å²) in [4.78, 5) is 2.24. The highest BCUT2D eigenvalue weighted by molar-refractivity contribution is 6.31. The molecule has 0 spiro atoms. The molecule has 1 atom stereocenters. The molecule has 0 amide bonds. The topological polar surface area (TPSA) is 38.5 Å². The van der Waals surface area contributed by atoms with Crippen LogP contribution < -0.4 is 5.73 Å². The Labute approximate surface area is 107 Å². The highest BCUT2D eigenvalue weighted by atomic mass is 35.5. The SMILES string of the molecule is CN(Cc1ccc(N)cc1Cl)CC1CCCO1. The van der Waals surface area contributed by atoms with E-state index in [0.29, 0.717) is 11.8 Å². The first-order chi connectivity index (χ1) is 8.15. The van der Waals surface area contributed by atoms with Crippen molar-refractivity contribution >= 4 is 17.3 Å². The molecule has 1 aliphatic heterocycles. The predicted octanol–water partition coefficient (Wildman–Crippen LogP) is 2.53. The van der Waals surface area contributed by atoms with Crippen LogP contribution in [0.5, 0.6) is 0 Å². The second-order valence-corrected chi connectivity index (χ2v) is 5.09. The average Bonchev–Trinajstić information content (AvgIpc) is 2.75. The van der Waals surface area contributed by atoms with Crippen molar-refractivity contribution in [2.75, 3.05) is 25.9 Å². The molecule has 0 aliphatic carbocycles. The van der Waals surface area contributed by atoms with E-state index in [1.807, 2.05) is 12.1 Å². The van der Waals surface area contributed by atoms with E-state index in [2.05, 4.69) is 11.9 Å². The van der Waals surface area contributed by atoms with Crippen LogP contribution in [0.3, 0.4) is 0 Å². The Morgan fingerprint density at radius 1 is 1.53 bits per heavy atom. The number of nitrogens with two attached hydrogens (primary N) is 1. The van der Waals surface area contributed by atoms with Gasteiger partial charge >= 0.3 is 0 Å². The standard InChI is InChI=1S/C13H19ClN2O/c1-16(9-12-3-2-6-17-12)8-10-4-5-11(15)7-13(10)14/h4-5,7,12H,2-3,6,8-9,15H2,1H3. The van der Waals surface area contributed by atoms with Crippen molar-refractivity contribution in [2.45, 2.75) is 25.5 Å². The number of likely N-dealkylation sites (N-methyl/N-ethyl adjacent to an activating group) is 1. The molecule has 0 saturated carbocycles. The first kappa shape index (κ1) is 12.7. The lowest BCUT2D eigenvalue weighted by molar-refractivity contribution is 0.0793. The molecular formula is C13H19ClN2O. The van der Waals surface area contributed by atoms with Gasteiger partial charge in [0.15, 0.2) is 0 Å². The summed E-state index contributed by atoms with van der Waals surface area (Å²) in [5, 5.41) is 0.740. The maximum atomic E-state index is 6.15. The Morgan fingerprint density at radius 2 is 2.35 bits per heavy atom. The number of halogens is 1. The predicted molar refractivity (Wildman–Crippen MR) is 71.2 cm³/mol. The summed E-state index contributed by atoms with van der Waals surface area (Å²) in [6, 6.07) is 5.68. The number of benzene rings is 1. The van der Waals surface area contributed by atoms with Gasteiger partial charge in [-0.3, -0.25) is 4.90 Å². The normalized spacial score (nSPS) is 20.1. The van der Waals surface area contributed by atoms with E-state index in [4.69, 9.17) is 22.1 Å². The van der Waals surface area contributed by atoms with Gasteiger partial charge in [-0.05, 0) is 37.6 Å². The molecule has 1 aromatic rings. The third kappa shape index (κ3) is 3.60. The number of anilines is 1. The van der Waals surface area contributed by atoms with Crippen molar-refractivity contribution in [3.05, 3.63) is 28.8 Å². The van der Waals surface area contributed by atoms with Crippen molar-refractivity contribution in [3.63, 3.8) is 0 Å². The van der Waals surface area contributed by atoms with Gasteiger partial charge in [0.25, 0.3) is 0 Å². The number of nitrogen functional groups attached to an aromatic ring is 1. The van der Waals surface area contributed by atoms with E-state index in [1.165, 1.54) is 12.8 Å². The van der Waals surface area contributed by atoms with E-state index < -0.39 is 0 Å². The molecule has 1 aromatic carbocycles. The van der Waals surface area contributed by atoms with Crippen LogP contribution >= 0.6 is 11.6 Å². The number of nitrogens with zero attached hydrogens (tertiary/aromatic N) is 1. The lowest BCUT2D eigenvalue weighted by atomic mass is 10.2. The lowest BCUT2D eigenvalue weighted by Gasteiger charge is -2.21. The Hall–Kier alpha value is -0.770. The molecule has 4 heteroatoms. The summed E-state index contributed by atoms with van der Waals surface area (Å²) in [6.45, 7) is 2.70. The molecule has 0 aromatic heterocycles. The van der Waals surface area contributed by atoms with Gasteiger partial charge in [-0.25, -0.2) is 0 Å². The fourth-order valence-corrected chi connectivity index (χ4v) is 2.43. The van der Waals surface area contributed by atoms with Crippen molar-refractivity contribution in [3.8, 4) is 0 Å². The van der Waals surface area contributed by atoms with E-state index in [9.17, 15) is 0 Å². The van der Waals surface area contributed by atoms with Gasteiger partial charge in [-0.1, -0.05) is 17.7 Å². The minimum atomic E-state index is 0.382. The molecule has 1 aliphatic rings. The van der Waals surface area contributed by atoms with Gasteiger partial charge in [-0.15, -0.1) is 0 Å². The molecule has 94 valence electrons. The van der Waals surface area contributed by atoms with Crippen molar-refractivity contribution < 1.29 is 4.74 Å². The highest BCUT2D eigenvalue weighted by Gasteiger charge is 2.17. The van der Waals surface area contributed by atoms with Crippen LogP contribution in [0.25, 0.3) is 0 Å². The molecule has 1 heterocycles. The van der Waals surface area contributed by atoms with Crippen molar-refractivity contribution in [1.82, 2.24) is 4.90 Å². The molecule has 1 fully saturated rings.